The minimum atomic E-state index is -3.65. The lowest BCUT2D eigenvalue weighted by atomic mass is 10.1. The first-order valence-corrected chi connectivity index (χ1v) is 11.7. The lowest BCUT2D eigenvalue weighted by Crippen LogP contribution is -2.48. The van der Waals surface area contributed by atoms with Crippen molar-refractivity contribution in [3.05, 3.63) is 59.1 Å². The second-order valence-corrected chi connectivity index (χ2v) is 8.91. The van der Waals surface area contributed by atoms with E-state index in [0.29, 0.717) is 36.0 Å². The smallest absolute Gasteiger partial charge is 0.243 e. The van der Waals surface area contributed by atoms with E-state index in [-0.39, 0.29) is 5.91 Å². The fourth-order valence-corrected chi connectivity index (χ4v) is 4.41. The van der Waals surface area contributed by atoms with Crippen molar-refractivity contribution in [1.82, 2.24) is 5.32 Å². The van der Waals surface area contributed by atoms with Crippen LogP contribution < -0.4 is 14.4 Å². The van der Waals surface area contributed by atoms with Gasteiger partial charge in [0.25, 0.3) is 0 Å². The third-order valence-corrected chi connectivity index (χ3v) is 5.98. The van der Waals surface area contributed by atoms with E-state index in [4.69, 9.17) is 16.3 Å². The number of carbonyl (C=O) groups excluding carboxylic acids is 1. The van der Waals surface area contributed by atoms with Crippen LogP contribution in [0.5, 0.6) is 5.75 Å². The number of nitrogens with one attached hydrogen (secondary N) is 1. The fourth-order valence-electron chi connectivity index (χ4n) is 3.00. The van der Waals surface area contributed by atoms with Gasteiger partial charge in [0.15, 0.2) is 0 Å². The Morgan fingerprint density at radius 2 is 1.83 bits per heavy atom. The number of rotatable bonds is 10. The van der Waals surface area contributed by atoms with Crippen LogP contribution in [0.1, 0.15) is 25.8 Å². The third-order valence-electron chi connectivity index (χ3n) is 4.37. The standard InChI is InChI=1S/C21H27ClN2O4S/c1-4-28-19-13-11-18(12-14-19)24(29(3,26)27)16(2)21(25)23-15-7-9-17-8-5-6-10-20(17)22/h5-6,8,10-14,16H,4,7,9,15H2,1-3H3,(H,23,25). The van der Waals surface area contributed by atoms with Gasteiger partial charge in [0.1, 0.15) is 11.8 Å². The van der Waals surface area contributed by atoms with Crippen molar-refractivity contribution in [3.63, 3.8) is 0 Å². The van der Waals surface area contributed by atoms with Crippen LogP contribution in [0.15, 0.2) is 48.5 Å². The summed E-state index contributed by atoms with van der Waals surface area (Å²) in [5, 5.41) is 3.51. The molecule has 1 atom stereocenters. The average molecular weight is 439 g/mol. The van der Waals surface area contributed by atoms with E-state index in [2.05, 4.69) is 5.32 Å². The molecule has 1 unspecified atom stereocenters. The molecule has 0 saturated heterocycles. The molecule has 29 heavy (non-hydrogen) atoms. The maximum atomic E-state index is 12.6. The SMILES string of the molecule is CCOc1ccc(N(C(C)C(=O)NCCCc2ccccc2Cl)S(C)(=O)=O)cc1. The molecule has 0 aliphatic heterocycles. The minimum Gasteiger partial charge on any atom is -0.494 e. The summed E-state index contributed by atoms with van der Waals surface area (Å²) in [6.45, 7) is 4.38. The second kappa shape index (κ2) is 10.5. The molecule has 2 aromatic carbocycles. The summed E-state index contributed by atoms with van der Waals surface area (Å²) >= 11 is 6.14. The Morgan fingerprint density at radius 1 is 1.17 bits per heavy atom. The Bertz CT molecular complexity index is 917. The zero-order valence-electron chi connectivity index (χ0n) is 16.9. The molecule has 0 fully saturated rings. The van der Waals surface area contributed by atoms with Gasteiger partial charge in [-0.05, 0) is 62.6 Å². The predicted octanol–water partition coefficient (Wildman–Crippen LogP) is 3.64. The van der Waals surface area contributed by atoms with Crippen LogP contribution in [0.3, 0.4) is 0 Å². The maximum Gasteiger partial charge on any atom is 0.243 e. The number of ether oxygens (including phenoxy) is 1. The van der Waals surface area contributed by atoms with Crippen LogP contribution in [-0.2, 0) is 21.2 Å². The molecule has 0 saturated carbocycles. The Kier molecular flexibility index (Phi) is 8.34. The molecule has 1 amide bonds. The van der Waals surface area contributed by atoms with Gasteiger partial charge in [0.05, 0.1) is 18.6 Å². The molecule has 2 aromatic rings. The van der Waals surface area contributed by atoms with Crippen molar-refractivity contribution in [2.24, 2.45) is 0 Å². The Morgan fingerprint density at radius 3 is 2.41 bits per heavy atom. The van der Waals surface area contributed by atoms with E-state index in [9.17, 15) is 13.2 Å². The number of nitrogens with zero attached hydrogens (tertiary/aromatic N) is 1. The number of benzene rings is 2. The first-order chi connectivity index (χ1) is 13.7. The highest BCUT2D eigenvalue weighted by Crippen LogP contribution is 2.24. The molecule has 158 valence electrons. The summed E-state index contributed by atoms with van der Waals surface area (Å²) in [5.41, 5.74) is 1.43. The average Bonchev–Trinajstić information content (AvgIpc) is 2.67. The van der Waals surface area contributed by atoms with Crippen LogP contribution in [-0.4, -0.2) is 39.8 Å². The number of hydrogen-bond acceptors (Lipinski definition) is 4. The van der Waals surface area contributed by atoms with E-state index in [1.807, 2.05) is 31.2 Å². The van der Waals surface area contributed by atoms with Gasteiger partial charge in [-0.2, -0.15) is 0 Å². The van der Waals surface area contributed by atoms with Crippen molar-refractivity contribution in [3.8, 4) is 5.75 Å². The summed E-state index contributed by atoms with van der Waals surface area (Å²) in [5.74, 6) is 0.282. The molecule has 0 aliphatic rings. The largest absolute Gasteiger partial charge is 0.494 e. The lowest BCUT2D eigenvalue weighted by molar-refractivity contribution is -0.121. The number of halogens is 1. The monoisotopic (exact) mass is 438 g/mol. The maximum absolute atomic E-state index is 12.6. The van der Waals surface area contributed by atoms with Gasteiger partial charge in [-0.1, -0.05) is 29.8 Å². The van der Waals surface area contributed by atoms with E-state index >= 15 is 0 Å². The number of amides is 1. The van der Waals surface area contributed by atoms with E-state index in [1.165, 1.54) is 0 Å². The van der Waals surface area contributed by atoms with E-state index in [0.717, 1.165) is 22.5 Å². The van der Waals surface area contributed by atoms with Gasteiger partial charge < -0.3 is 10.1 Å². The molecule has 0 spiro atoms. The lowest BCUT2D eigenvalue weighted by Gasteiger charge is -2.28. The summed E-state index contributed by atoms with van der Waals surface area (Å²) in [7, 11) is -3.65. The first kappa shape index (κ1) is 23.0. The molecule has 0 heterocycles. The molecule has 2 rings (SSSR count). The Balaban J connectivity index is 2.00. The van der Waals surface area contributed by atoms with Gasteiger partial charge in [-0.3, -0.25) is 9.10 Å². The normalized spacial score (nSPS) is 12.3. The number of hydrogen-bond donors (Lipinski definition) is 1. The van der Waals surface area contributed by atoms with Gasteiger partial charge in [-0.25, -0.2) is 8.42 Å². The van der Waals surface area contributed by atoms with Crippen LogP contribution in [0.25, 0.3) is 0 Å². The minimum absolute atomic E-state index is 0.358. The van der Waals surface area contributed by atoms with Crippen LogP contribution in [0, 0.1) is 0 Å². The van der Waals surface area contributed by atoms with Gasteiger partial charge in [0.2, 0.25) is 15.9 Å². The number of aryl methyl sites for hydroxylation is 1. The molecule has 8 heteroatoms. The van der Waals surface area contributed by atoms with Crippen LogP contribution in [0.2, 0.25) is 5.02 Å². The van der Waals surface area contributed by atoms with Crippen LogP contribution in [0.4, 0.5) is 5.69 Å². The van der Waals surface area contributed by atoms with Crippen molar-refractivity contribution in [1.29, 1.82) is 0 Å². The zero-order valence-corrected chi connectivity index (χ0v) is 18.5. The summed E-state index contributed by atoms with van der Waals surface area (Å²) in [6.07, 6.45) is 2.51. The fraction of sp³-hybridized carbons (Fsp3) is 0.381. The van der Waals surface area contributed by atoms with Crippen molar-refractivity contribution in [2.75, 3.05) is 23.7 Å². The summed E-state index contributed by atoms with van der Waals surface area (Å²) in [6, 6.07) is 13.3. The molecule has 0 bridgehead atoms. The third kappa shape index (κ3) is 6.65. The van der Waals surface area contributed by atoms with Crippen molar-refractivity contribution < 1.29 is 17.9 Å². The molecule has 0 radical (unpaired) electrons. The van der Waals surface area contributed by atoms with Gasteiger partial charge in [-0.15, -0.1) is 0 Å². The van der Waals surface area contributed by atoms with Crippen LogP contribution >= 0.6 is 11.6 Å². The topological polar surface area (TPSA) is 75.7 Å². The Hall–Kier alpha value is -2.25. The highest BCUT2D eigenvalue weighted by molar-refractivity contribution is 7.92. The number of sulfonamides is 1. The predicted molar refractivity (Wildman–Crippen MR) is 117 cm³/mol. The summed E-state index contributed by atoms with van der Waals surface area (Å²) in [4.78, 5) is 12.6. The summed E-state index contributed by atoms with van der Waals surface area (Å²) < 4.78 is 31.2. The van der Waals surface area contributed by atoms with Crippen molar-refractivity contribution in [2.45, 2.75) is 32.7 Å². The molecule has 1 N–H and O–H groups in total. The van der Waals surface area contributed by atoms with Gasteiger partial charge >= 0.3 is 0 Å². The molecule has 6 nitrogen and oxygen atoms in total. The molecular weight excluding hydrogens is 412 g/mol. The molecule has 0 aliphatic carbocycles. The zero-order chi connectivity index (χ0) is 21.4. The van der Waals surface area contributed by atoms with Gasteiger partial charge in [0, 0.05) is 11.6 Å². The van der Waals surface area contributed by atoms with E-state index in [1.54, 1.807) is 31.2 Å². The Labute approximate surface area is 177 Å². The number of anilines is 1. The van der Waals surface area contributed by atoms with E-state index < -0.39 is 16.1 Å². The second-order valence-electron chi connectivity index (χ2n) is 6.65. The highest BCUT2D eigenvalue weighted by atomic mass is 35.5. The first-order valence-electron chi connectivity index (χ1n) is 9.47. The quantitative estimate of drug-likeness (QED) is 0.574. The number of carbonyl (C=O) groups is 1. The van der Waals surface area contributed by atoms with Crippen molar-refractivity contribution >= 4 is 33.2 Å². The highest BCUT2D eigenvalue weighted by Gasteiger charge is 2.28. The molecule has 0 aromatic heterocycles. The molecular formula is C21H27ClN2O4S.